The van der Waals surface area contributed by atoms with E-state index in [1.165, 1.54) is 0 Å². The highest BCUT2D eigenvalue weighted by atomic mass is 16.5. The third kappa shape index (κ3) is 3.66. The first kappa shape index (κ1) is 13.8. The van der Waals surface area contributed by atoms with E-state index in [0.717, 1.165) is 19.4 Å². The van der Waals surface area contributed by atoms with Crippen molar-refractivity contribution in [2.45, 2.75) is 26.7 Å². The number of aliphatic hydroxyl groups is 1. The predicted molar refractivity (Wildman–Crippen MR) is 72.4 cm³/mol. The monoisotopic (exact) mass is 267 g/mol. The van der Waals surface area contributed by atoms with Crippen molar-refractivity contribution >= 4 is 11.9 Å². The van der Waals surface area contributed by atoms with Crippen molar-refractivity contribution in [3.63, 3.8) is 0 Å². The molecule has 2 rings (SSSR count). The number of nitrogens with one attached hydrogen (secondary N) is 2. The first-order valence-corrected chi connectivity index (χ1v) is 6.69. The summed E-state index contributed by atoms with van der Waals surface area (Å²) in [4.78, 5) is 12.6. The molecule has 19 heavy (non-hydrogen) atoms. The van der Waals surface area contributed by atoms with Gasteiger partial charge >= 0.3 is 6.01 Å². The summed E-state index contributed by atoms with van der Waals surface area (Å²) < 4.78 is 5.32. The minimum Gasteiger partial charge on any atom is -0.464 e. The van der Waals surface area contributed by atoms with Crippen LogP contribution in [0, 0.1) is 5.41 Å². The van der Waals surface area contributed by atoms with Crippen LogP contribution in [0.15, 0.2) is 0 Å². The number of hydrogen-bond acceptors (Lipinski definition) is 7. The topological polar surface area (TPSA) is 92.2 Å². The van der Waals surface area contributed by atoms with E-state index in [2.05, 4.69) is 25.6 Å². The molecule has 1 aliphatic carbocycles. The molecule has 0 spiro atoms. The summed E-state index contributed by atoms with van der Waals surface area (Å²) in [6, 6.07) is 0.310. The molecule has 106 valence electrons. The fourth-order valence-electron chi connectivity index (χ4n) is 1.70. The van der Waals surface area contributed by atoms with Gasteiger partial charge in [-0.3, -0.25) is 0 Å². The highest BCUT2D eigenvalue weighted by Gasteiger charge is 2.41. The Kier molecular flexibility index (Phi) is 4.36. The Labute approximate surface area is 112 Å². The van der Waals surface area contributed by atoms with Crippen LogP contribution in [0.5, 0.6) is 6.01 Å². The van der Waals surface area contributed by atoms with Gasteiger partial charge in [0.25, 0.3) is 0 Å². The van der Waals surface area contributed by atoms with E-state index in [9.17, 15) is 5.11 Å². The molecule has 0 radical (unpaired) electrons. The van der Waals surface area contributed by atoms with E-state index < -0.39 is 0 Å². The third-order valence-electron chi connectivity index (χ3n) is 3.14. The van der Waals surface area contributed by atoms with Crippen LogP contribution in [0.25, 0.3) is 0 Å². The molecule has 0 amide bonds. The smallest absolute Gasteiger partial charge is 0.323 e. The lowest BCUT2D eigenvalue weighted by Crippen LogP contribution is -2.21. The SMILES string of the molecule is CCNc1nc(NCC2(CO)CC2)nc(OCC)n1. The van der Waals surface area contributed by atoms with Gasteiger partial charge in [-0.2, -0.15) is 15.0 Å². The van der Waals surface area contributed by atoms with E-state index in [-0.39, 0.29) is 12.0 Å². The van der Waals surface area contributed by atoms with Crippen LogP contribution in [0.4, 0.5) is 11.9 Å². The fourth-order valence-corrected chi connectivity index (χ4v) is 1.70. The van der Waals surface area contributed by atoms with Crippen molar-refractivity contribution in [2.75, 3.05) is 36.9 Å². The Morgan fingerprint density at radius 3 is 2.37 bits per heavy atom. The maximum atomic E-state index is 9.28. The van der Waals surface area contributed by atoms with Gasteiger partial charge in [-0.05, 0) is 26.7 Å². The second-order valence-electron chi connectivity index (χ2n) is 4.74. The number of anilines is 2. The molecule has 1 fully saturated rings. The van der Waals surface area contributed by atoms with Crippen LogP contribution < -0.4 is 15.4 Å². The van der Waals surface area contributed by atoms with Crippen LogP contribution in [0.3, 0.4) is 0 Å². The fraction of sp³-hybridized carbons (Fsp3) is 0.750. The van der Waals surface area contributed by atoms with Gasteiger partial charge < -0.3 is 20.5 Å². The largest absolute Gasteiger partial charge is 0.464 e. The van der Waals surface area contributed by atoms with Crippen LogP contribution in [-0.4, -0.2) is 46.4 Å². The molecule has 7 heteroatoms. The quantitative estimate of drug-likeness (QED) is 0.644. The van der Waals surface area contributed by atoms with Crippen molar-refractivity contribution in [1.29, 1.82) is 0 Å². The molecule has 0 aromatic carbocycles. The maximum Gasteiger partial charge on any atom is 0.323 e. The maximum absolute atomic E-state index is 9.28. The standard InChI is InChI=1S/C12H21N5O2/c1-3-13-9-15-10(17-11(16-9)19-4-2)14-7-12(8-18)5-6-12/h18H,3-8H2,1-2H3,(H2,13,14,15,16,17). The number of hydrogen-bond donors (Lipinski definition) is 3. The number of rotatable bonds is 8. The first-order valence-electron chi connectivity index (χ1n) is 6.69. The van der Waals surface area contributed by atoms with Crippen LogP contribution in [0.2, 0.25) is 0 Å². The van der Waals surface area contributed by atoms with Gasteiger partial charge in [0.15, 0.2) is 0 Å². The summed E-state index contributed by atoms with van der Waals surface area (Å²) in [5.41, 5.74) is 0.0107. The average Bonchev–Trinajstić information content (AvgIpc) is 3.18. The van der Waals surface area contributed by atoms with Crippen molar-refractivity contribution in [2.24, 2.45) is 5.41 Å². The summed E-state index contributed by atoms with van der Waals surface area (Å²) in [5, 5.41) is 15.5. The van der Waals surface area contributed by atoms with Gasteiger partial charge in [-0.15, -0.1) is 0 Å². The summed E-state index contributed by atoms with van der Waals surface area (Å²) in [7, 11) is 0. The Balaban J connectivity index is 2.04. The minimum atomic E-state index is 0.0107. The van der Waals surface area contributed by atoms with E-state index in [4.69, 9.17) is 4.74 Å². The zero-order chi connectivity index (χ0) is 13.7. The Bertz CT molecular complexity index is 398. The number of aliphatic hydroxyl groups excluding tert-OH is 1. The van der Waals surface area contributed by atoms with E-state index in [1.807, 2.05) is 13.8 Å². The zero-order valence-electron chi connectivity index (χ0n) is 11.4. The normalized spacial score (nSPS) is 15.9. The molecule has 0 atom stereocenters. The highest BCUT2D eigenvalue weighted by Crippen LogP contribution is 2.44. The third-order valence-corrected chi connectivity index (χ3v) is 3.14. The van der Waals surface area contributed by atoms with Gasteiger partial charge in [0, 0.05) is 18.5 Å². The molecule has 0 unspecified atom stereocenters. The molecule has 1 saturated carbocycles. The summed E-state index contributed by atoms with van der Waals surface area (Å²) in [6.07, 6.45) is 2.08. The second kappa shape index (κ2) is 6.01. The van der Waals surface area contributed by atoms with Crippen molar-refractivity contribution in [1.82, 2.24) is 15.0 Å². The number of nitrogens with zero attached hydrogens (tertiary/aromatic N) is 3. The molecular weight excluding hydrogens is 246 g/mol. The Hall–Kier alpha value is -1.63. The molecule has 0 bridgehead atoms. The summed E-state index contributed by atoms with van der Waals surface area (Å²) >= 11 is 0. The molecule has 1 aliphatic rings. The molecule has 1 aromatic heterocycles. The van der Waals surface area contributed by atoms with E-state index in [1.54, 1.807) is 0 Å². The van der Waals surface area contributed by atoms with E-state index in [0.29, 0.717) is 31.1 Å². The van der Waals surface area contributed by atoms with Crippen LogP contribution >= 0.6 is 0 Å². The minimum absolute atomic E-state index is 0.0107. The van der Waals surface area contributed by atoms with Crippen LogP contribution in [-0.2, 0) is 0 Å². The van der Waals surface area contributed by atoms with Gasteiger partial charge in [0.1, 0.15) is 0 Å². The molecule has 3 N–H and O–H groups in total. The summed E-state index contributed by atoms with van der Waals surface area (Å²) in [6.45, 7) is 5.97. The lowest BCUT2D eigenvalue weighted by atomic mass is 10.1. The molecular formula is C12H21N5O2. The van der Waals surface area contributed by atoms with Gasteiger partial charge in [0.2, 0.25) is 11.9 Å². The van der Waals surface area contributed by atoms with Crippen molar-refractivity contribution in [3.8, 4) is 6.01 Å². The average molecular weight is 267 g/mol. The number of ether oxygens (including phenoxy) is 1. The lowest BCUT2D eigenvalue weighted by Gasteiger charge is -2.13. The van der Waals surface area contributed by atoms with Gasteiger partial charge in [0.05, 0.1) is 13.2 Å². The van der Waals surface area contributed by atoms with Gasteiger partial charge in [-0.1, -0.05) is 0 Å². The molecule has 1 heterocycles. The lowest BCUT2D eigenvalue weighted by molar-refractivity contribution is 0.219. The Morgan fingerprint density at radius 1 is 1.16 bits per heavy atom. The molecule has 0 saturated heterocycles. The summed E-state index contributed by atoms with van der Waals surface area (Å²) in [5.74, 6) is 0.978. The van der Waals surface area contributed by atoms with E-state index >= 15 is 0 Å². The predicted octanol–water partition coefficient (Wildman–Crippen LogP) is 0.886. The number of aromatic nitrogens is 3. The Morgan fingerprint density at radius 2 is 1.84 bits per heavy atom. The van der Waals surface area contributed by atoms with Crippen LogP contribution in [0.1, 0.15) is 26.7 Å². The molecule has 7 nitrogen and oxygen atoms in total. The second-order valence-corrected chi connectivity index (χ2v) is 4.74. The zero-order valence-corrected chi connectivity index (χ0v) is 11.4. The van der Waals surface area contributed by atoms with Crippen molar-refractivity contribution in [3.05, 3.63) is 0 Å². The molecule has 0 aliphatic heterocycles. The highest BCUT2D eigenvalue weighted by molar-refractivity contribution is 5.36. The molecule has 1 aromatic rings. The van der Waals surface area contributed by atoms with Crippen molar-refractivity contribution < 1.29 is 9.84 Å². The first-order chi connectivity index (χ1) is 9.21. The van der Waals surface area contributed by atoms with Gasteiger partial charge in [-0.25, -0.2) is 0 Å².